The van der Waals surface area contributed by atoms with E-state index in [1.807, 2.05) is 6.92 Å². The smallest absolute Gasteiger partial charge is 0.296 e. The zero-order valence-corrected chi connectivity index (χ0v) is 14.3. The van der Waals surface area contributed by atoms with Gasteiger partial charge >= 0.3 is 0 Å². The average molecular weight is 376 g/mol. The second-order valence-electron chi connectivity index (χ2n) is 6.25. The molecule has 0 saturated carbocycles. The first kappa shape index (κ1) is 17.4. The summed E-state index contributed by atoms with van der Waals surface area (Å²) in [6, 6.07) is 4.97. The molecule has 2 aromatic rings. The van der Waals surface area contributed by atoms with Crippen LogP contribution in [0.2, 0.25) is 0 Å². The van der Waals surface area contributed by atoms with Crippen molar-refractivity contribution < 1.29 is 18.0 Å². The zero-order chi connectivity index (χ0) is 19.1. The molecule has 0 bridgehead atoms. The highest BCUT2D eigenvalue weighted by molar-refractivity contribution is 6.11. The molecule has 4 rings (SSSR count). The highest BCUT2D eigenvalue weighted by Crippen LogP contribution is 2.27. The summed E-state index contributed by atoms with van der Waals surface area (Å²) in [5.41, 5.74) is 0.723. The van der Waals surface area contributed by atoms with E-state index >= 15 is 0 Å². The van der Waals surface area contributed by atoms with Gasteiger partial charge in [0.1, 0.15) is 11.5 Å². The molecular formula is C17H15F3N6O. The zero-order valence-electron chi connectivity index (χ0n) is 14.3. The van der Waals surface area contributed by atoms with Gasteiger partial charge in [-0.05, 0) is 31.2 Å². The van der Waals surface area contributed by atoms with E-state index < -0.39 is 18.1 Å². The fraction of sp³-hybridized carbons (Fsp3) is 0.353. The molecule has 0 N–H and O–H groups in total. The van der Waals surface area contributed by atoms with Crippen molar-refractivity contribution in [3.63, 3.8) is 0 Å². The number of amides is 1. The Balaban J connectivity index is 1.58. The number of carbonyl (C=O) groups is 1. The van der Waals surface area contributed by atoms with Crippen molar-refractivity contribution in [3.8, 4) is 0 Å². The van der Waals surface area contributed by atoms with E-state index in [4.69, 9.17) is 0 Å². The van der Waals surface area contributed by atoms with Crippen molar-refractivity contribution in [3.05, 3.63) is 47.3 Å². The predicted octanol–water partition coefficient (Wildman–Crippen LogP) is 2.10. The lowest BCUT2D eigenvalue weighted by Gasteiger charge is -2.33. The number of nitrogens with zero attached hydrogens (tertiary/aromatic N) is 6. The third kappa shape index (κ3) is 3.00. The number of alkyl halides is 2. The lowest BCUT2D eigenvalue weighted by Crippen LogP contribution is -2.41. The molecule has 2 aliphatic heterocycles. The van der Waals surface area contributed by atoms with E-state index in [2.05, 4.69) is 20.2 Å². The molecule has 1 atom stereocenters. The molecule has 1 amide bonds. The molecule has 3 heterocycles. The first-order valence-electron chi connectivity index (χ1n) is 8.35. The van der Waals surface area contributed by atoms with Crippen LogP contribution in [0.5, 0.6) is 0 Å². The van der Waals surface area contributed by atoms with Crippen LogP contribution in [0, 0.1) is 5.82 Å². The molecule has 140 valence electrons. The lowest BCUT2D eigenvalue weighted by atomic mass is 10.1. The van der Waals surface area contributed by atoms with Crippen LogP contribution >= 0.6 is 0 Å². The van der Waals surface area contributed by atoms with Crippen LogP contribution in [-0.2, 0) is 6.54 Å². The van der Waals surface area contributed by atoms with E-state index in [-0.39, 0.29) is 18.5 Å². The number of fused-ring (bicyclic) bond motifs is 1. The van der Waals surface area contributed by atoms with E-state index in [0.717, 1.165) is 0 Å². The van der Waals surface area contributed by atoms with Crippen molar-refractivity contribution in [2.45, 2.75) is 25.9 Å². The van der Waals surface area contributed by atoms with Gasteiger partial charge in [-0.3, -0.25) is 9.79 Å². The molecule has 10 heteroatoms. The average Bonchev–Trinajstić information content (AvgIpc) is 3.29. The minimum atomic E-state index is -2.73. The fourth-order valence-electron chi connectivity index (χ4n) is 3.24. The molecule has 1 aromatic carbocycles. The third-order valence-electron chi connectivity index (χ3n) is 4.63. The topological polar surface area (TPSA) is 75.7 Å². The molecule has 0 aliphatic carbocycles. The van der Waals surface area contributed by atoms with E-state index in [1.54, 1.807) is 9.47 Å². The molecule has 0 spiro atoms. The maximum atomic E-state index is 13.1. The molecular weight excluding hydrogens is 361 g/mol. The van der Waals surface area contributed by atoms with Gasteiger partial charge in [0.2, 0.25) is 0 Å². The van der Waals surface area contributed by atoms with Crippen molar-refractivity contribution in [1.82, 2.24) is 19.7 Å². The standard InChI is InChI=1S/C17H15F3N6O/c1-9-15-23-24-16(12-8-21-14(22-12)13(19)20)26(15)7-6-25(9)17(27)10-2-4-11(18)5-3-10/h2-5,9,13H,6-8H2,1H3/t9-/m1/s1. The molecule has 1 aromatic heterocycles. The number of carbonyl (C=O) groups excluding carboxylic acids is 1. The van der Waals surface area contributed by atoms with Crippen LogP contribution in [0.1, 0.15) is 35.0 Å². The van der Waals surface area contributed by atoms with Gasteiger partial charge in [-0.2, -0.15) is 0 Å². The Bertz CT molecular complexity index is 950. The second kappa shape index (κ2) is 6.60. The van der Waals surface area contributed by atoms with Gasteiger partial charge in [0.25, 0.3) is 12.3 Å². The Morgan fingerprint density at radius 2 is 1.93 bits per heavy atom. The van der Waals surface area contributed by atoms with E-state index in [9.17, 15) is 18.0 Å². The van der Waals surface area contributed by atoms with Crippen LogP contribution in [0.4, 0.5) is 13.2 Å². The molecule has 0 fully saturated rings. The Labute approximate surface area is 152 Å². The first-order valence-corrected chi connectivity index (χ1v) is 8.35. The van der Waals surface area contributed by atoms with E-state index in [1.165, 1.54) is 24.3 Å². The number of halogens is 3. The third-order valence-corrected chi connectivity index (χ3v) is 4.63. The van der Waals surface area contributed by atoms with Gasteiger partial charge in [-0.25, -0.2) is 18.2 Å². The number of aromatic nitrogens is 3. The minimum Gasteiger partial charge on any atom is -0.327 e. The Kier molecular flexibility index (Phi) is 4.25. The maximum Gasteiger partial charge on any atom is 0.296 e. The number of hydrogen-bond acceptors (Lipinski definition) is 5. The monoisotopic (exact) mass is 376 g/mol. The van der Waals surface area contributed by atoms with Crippen LogP contribution in [0.25, 0.3) is 0 Å². The predicted molar refractivity (Wildman–Crippen MR) is 90.7 cm³/mol. The molecule has 2 aliphatic rings. The number of benzene rings is 1. The maximum absolute atomic E-state index is 13.1. The van der Waals surface area contributed by atoms with Crippen molar-refractivity contribution in [2.24, 2.45) is 9.98 Å². The Hall–Kier alpha value is -3.04. The van der Waals surface area contributed by atoms with Crippen LogP contribution in [0.15, 0.2) is 34.3 Å². The summed E-state index contributed by atoms with van der Waals surface area (Å²) in [6.07, 6.45) is -2.73. The fourth-order valence-corrected chi connectivity index (χ4v) is 3.24. The summed E-state index contributed by atoms with van der Waals surface area (Å²) in [5, 5.41) is 8.21. The van der Waals surface area contributed by atoms with Gasteiger partial charge in [0.15, 0.2) is 17.5 Å². The quantitative estimate of drug-likeness (QED) is 0.823. The summed E-state index contributed by atoms with van der Waals surface area (Å²) in [4.78, 5) is 21.9. The van der Waals surface area contributed by atoms with Crippen LogP contribution in [-0.4, -0.2) is 56.6 Å². The number of rotatable bonds is 3. The summed E-state index contributed by atoms with van der Waals surface area (Å²) in [6.45, 7) is 2.62. The Morgan fingerprint density at radius 3 is 2.59 bits per heavy atom. The summed E-state index contributed by atoms with van der Waals surface area (Å²) in [5.74, 6) is -0.213. The molecule has 0 unspecified atom stereocenters. The summed E-state index contributed by atoms with van der Waals surface area (Å²) >= 11 is 0. The van der Waals surface area contributed by atoms with Crippen molar-refractivity contribution >= 4 is 17.5 Å². The van der Waals surface area contributed by atoms with Gasteiger partial charge in [0, 0.05) is 18.7 Å². The molecule has 0 saturated heterocycles. The van der Waals surface area contributed by atoms with Gasteiger partial charge in [0.05, 0.1) is 12.6 Å². The number of hydrogen-bond donors (Lipinski definition) is 0. The largest absolute Gasteiger partial charge is 0.327 e. The van der Waals surface area contributed by atoms with Gasteiger partial charge in [-0.1, -0.05) is 0 Å². The second-order valence-corrected chi connectivity index (χ2v) is 6.25. The van der Waals surface area contributed by atoms with Crippen LogP contribution < -0.4 is 0 Å². The molecule has 0 radical (unpaired) electrons. The highest BCUT2D eigenvalue weighted by Gasteiger charge is 2.33. The SMILES string of the molecule is C[C@@H]1c2nnc(C3=NC(C(F)F)=NC3)n2CCN1C(=O)c1ccc(F)cc1. The molecule has 7 nitrogen and oxygen atoms in total. The lowest BCUT2D eigenvalue weighted by molar-refractivity contribution is 0.0637. The van der Waals surface area contributed by atoms with Gasteiger partial charge in [-0.15, -0.1) is 10.2 Å². The van der Waals surface area contributed by atoms with Gasteiger partial charge < -0.3 is 9.47 Å². The minimum absolute atomic E-state index is 0.0322. The number of aliphatic imine (C=N–C) groups is 2. The van der Waals surface area contributed by atoms with Crippen LogP contribution in [0.3, 0.4) is 0 Å². The van der Waals surface area contributed by atoms with E-state index in [0.29, 0.717) is 36.0 Å². The Morgan fingerprint density at radius 1 is 1.19 bits per heavy atom. The normalized spacial score (nSPS) is 19.1. The number of amidine groups is 1. The summed E-state index contributed by atoms with van der Waals surface area (Å²) in [7, 11) is 0. The highest BCUT2D eigenvalue weighted by atomic mass is 19.3. The summed E-state index contributed by atoms with van der Waals surface area (Å²) < 4.78 is 40.3. The van der Waals surface area contributed by atoms with Crippen molar-refractivity contribution in [2.75, 3.05) is 13.1 Å². The molecule has 27 heavy (non-hydrogen) atoms. The van der Waals surface area contributed by atoms with Crippen molar-refractivity contribution in [1.29, 1.82) is 0 Å². The first-order chi connectivity index (χ1) is 13.0.